The SMILES string of the molecule is CCNC(=NCCC1CCN(C)CC1)NCCC(OCC)C(C)C. The van der Waals surface area contributed by atoms with E-state index in [2.05, 4.69) is 50.3 Å². The summed E-state index contributed by atoms with van der Waals surface area (Å²) in [6, 6.07) is 0. The van der Waals surface area contributed by atoms with Crippen molar-refractivity contribution in [2.45, 2.75) is 59.5 Å². The van der Waals surface area contributed by atoms with E-state index in [1.54, 1.807) is 0 Å². The van der Waals surface area contributed by atoms with Crippen molar-refractivity contribution in [3.63, 3.8) is 0 Å². The van der Waals surface area contributed by atoms with Gasteiger partial charge in [-0.3, -0.25) is 4.99 Å². The molecule has 0 amide bonds. The Bertz CT molecular complexity index is 338. The average molecular weight is 341 g/mol. The van der Waals surface area contributed by atoms with Crippen molar-refractivity contribution < 1.29 is 4.74 Å². The van der Waals surface area contributed by atoms with Crippen LogP contribution in [0.15, 0.2) is 4.99 Å². The highest BCUT2D eigenvalue weighted by atomic mass is 16.5. The van der Waals surface area contributed by atoms with E-state index in [9.17, 15) is 0 Å². The topological polar surface area (TPSA) is 48.9 Å². The van der Waals surface area contributed by atoms with Gasteiger partial charge >= 0.3 is 0 Å². The number of likely N-dealkylation sites (tertiary alicyclic amines) is 1. The first-order valence-corrected chi connectivity index (χ1v) is 9.89. The molecule has 1 aliphatic heterocycles. The van der Waals surface area contributed by atoms with E-state index >= 15 is 0 Å². The van der Waals surface area contributed by atoms with Gasteiger partial charge in [-0.25, -0.2) is 0 Å². The molecule has 1 heterocycles. The zero-order valence-electron chi connectivity index (χ0n) is 16.6. The van der Waals surface area contributed by atoms with Gasteiger partial charge in [0.15, 0.2) is 5.96 Å². The molecule has 0 saturated carbocycles. The third kappa shape index (κ3) is 8.88. The molecule has 0 aromatic heterocycles. The minimum Gasteiger partial charge on any atom is -0.378 e. The Hall–Kier alpha value is -0.810. The van der Waals surface area contributed by atoms with Crippen molar-refractivity contribution in [1.82, 2.24) is 15.5 Å². The molecular weight excluding hydrogens is 300 g/mol. The molecule has 1 unspecified atom stereocenters. The van der Waals surface area contributed by atoms with Crippen molar-refractivity contribution >= 4 is 5.96 Å². The lowest BCUT2D eigenvalue weighted by atomic mass is 9.94. The fourth-order valence-corrected chi connectivity index (χ4v) is 3.21. The van der Waals surface area contributed by atoms with E-state index in [1.807, 2.05) is 0 Å². The number of aliphatic imine (C=N–C) groups is 1. The van der Waals surface area contributed by atoms with Crippen molar-refractivity contribution in [3.05, 3.63) is 0 Å². The van der Waals surface area contributed by atoms with Crippen LogP contribution in [0.25, 0.3) is 0 Å². The minimum absolute atomic E-state index is 0.324. The lowest BCUT2D eigenvalue weighted by Crippen LogP contribution is -2.39. The van der Waals surface area contributed by atoms with E-state index in [4.69, 9.17) is 9.73 Å². The first-order chi connectivity index (χ1) is 11.6. The second-order valence-electron chi connectivity index (χ2n) is 7.25. The minimum atomic E-state index is 0.324. The molecule has 2 N–H and O–H groups in total. The van der Waals surface area contributed by atoms with Gasteiger partial charge in [0.2, 0.25) is 0 Å². The van der Waals surface area contributed by atoms with Gasteiger partial charge in [-0.2, -0.15) is 0 Å². The van der Waals surface area contributed by atoms with Gasteiger partial charge in [0.25, 0.3) is 0 Å². The van der Waals surface area contributed by atoms with Crippen LogP contribution in [0.3, 0.4) is 0 Å². The van der Waals surface area contributed by atoms with Gasteiger partial charge in [0, 0.05) is 26.2 Å². The maximum atomic E-state index is 5.81. The van der Waals surface area contributed by atoms with Gasteiger partial charge in [-0.05, 0) is 71.5 Å². The molecular formula is C19H40N4O. The molecule has 24 heavy (non-hydrogen) atoms. The highest BCUT2D eigenvalue weighted by Crippen LogP contribution is 2.19. The molecule has 0 aliphatic carbocycles. The van der Waals surface area contributed by atoms with Crippen LogP contribution < -0.4 is 10.6 Å². The maximum Gasteiger partial charge on any atom is 0.191 e. The van der Waals surface area contributed by atoms with Crippen LogP contribution in [-0.4, -0.2) is 63.3 Å². The van der Waals surface area contributed by atoms with Crippen LogP contribution in [0, 0.1) is 11.8 Å². The Labute approximate surface area is 149 Å². The summed E-state index contributed by atoms with van der Waals surface area (Å²) in [6.07, 6.45) is 5.19. The summed E-state index contributed by atoms with van der Waals surface area (Å²) in [5.41, 5.74) is 0. The molecule has 5 nitrogen and oxygen atoms in total. The molecule has 0 aromatic carbocycles. The predicted octanol–water partition coefficient (Wildman–Crippen LogP) is 2.72. The van der Waals surface area contributed by atoms with E-state index in [1.165, 1.54) is 32.4 Å². The first kappa shape index (κ1) is 21.2. The lowest BCUT2D eigenvalue weighted by Gasteiger charge is -2.28. The van der Waals surface area contributed by atoms with Gasteiger partial charge in [0.05, 0.1) is 6.10 Å². The van der Waals surface area contributed by atoms with Crippen LogP contribution in [0.2, 0.25) is 0 Å². The second-order valence-corrected chi connectivity index (χ2v) is 7.25. The molecule has 1 atom stereocenters. The van der Waals surface area contributed by atoms with Crippen LogP contribution >= 0.6 is 0 Å². The smallest absolute Gasteiger partial charge is 0.191 e. The van der Waals surface area contributed by atoms with E-state index in [0.29, 0.717) is 12.0 Å². The normalized spacial score (nSPS) is 18.8. The van der Waals surface area contributed by atoms with Gasteiger partial charge in [-0.15, -0.1) is 0 Å². The van der Waals surface area contributed by atoms with Gasteiger partial charge < -0.3 is 20.3 Å². The van der Waals surface area contributed by atoms with Crippen molar-refractivity contribution in [2.24, 2.45) is 16.8 Å². The Morgan fingerprint density at radius 2 is 1.92 bits per heavy atom. The molecule has 1 fully saturated rings. The van der Waals surface area contributed by atoms with Crippen molar-refractivity contribution in [3.8, 4) is 0 Å². The molecule has 0 spiro atoms. The Morgan fingerprint density at radius 3 is 2.50 bits per heavy atom. The van der Waals surface area contributed by atoms with Crippen molar-refractivity contribution in [1.29, 1.82) is 0 Å². The highest BCUT2D eigenvalue weighted by molar-refractivity contribution is 5.79. The lowest BCUT2D eigenvalue weighted by molar-refractivity contribution is 0.0258. The molecule has 1 saturated heterocycles. The Balaban J connectivity index is 2.31. The number of guanidine groups is 1. The monoisotopic (exact) mass is 340 g/mol. The van der Waals surface area contributed by atoms with Gasteiger partial charge in [-0.1, -0.05) is 13.8 Å². The number of hydrogen-bond acceptors (Lipinski definition) is 3. The highest BCUT2D eigenvalue weighted by Gasteiger charge is 2.16. The summed E-state index contributed by atoms with van der Waals surface area (Å²) >= 11 is 0. The molecule has 1 rings (SSSR count). The van der Waals surface area contributed by atoms with Crippen LogP contribution in [0.4, 0.5) is 0 Å². The zero-order valence-corrected chi connectivity index (χ0v) is 16.6. The molecule has 1 aliphatic rings. The quantitative estimate of drug-likeness (QED) is 0.474. The molecule has 0 bridgehead atoms. The summed E-state index contributed by atoms with van der Waals surface area (Å²) in [6.45, 7) is 14.6. The summed E-state index contributed by atoms with van der Waals surface area (Å²) in [5, 5.41) is 6.81. The number of nitrogens with zero attached hydrogens (tertiary/aromatic N) is 2. The van der Waals surface area contributed by atoms with E-state index in [0.717, 1.165) is 44.5 Å². The second kappa shape index (κ2) is 12.5. The van der Waals surface area contributed by atoms with Crippen LogP contribution in [0.5, 0.6) is 0 Å². The number of hydrogen-bond donors (Lipinski definition) is 2. The number of nitrogens with one attached hydrogen (secondary N) is 2. The number of piperidine rings is 1. The van der Waals surface area contributed by atoms with Crippen LogP contribution in [0.1, 0.15) is 53.4 Å². The summed E-state index contributed by atoms with van der Waals surface area (Å²) in [5.74, 6) is 2.34. The molecule has 0 aromatic rings. The van der Waals surface area contributed by atoms with Crippen LogP contribution in [-0.2, 0) is 4.74 Å². The fourth-order valence-electron chi connectivity index (χ4n) is 3.21. The largest absolute Gasteiger partial charge is 0.378 e. The summed E-state index contributed by atoms with van der Waals surface area (Å²) < 4.78 is 5.81. The summed E-state index contributed by atoms with van der Waals surface area (Å²) in [4.78, 5) is 7.18. The molecule has 0 radical (unpaired) electrons. The van der Waals surface area contributed by atoms with E-state index < -0.39 is 0 Å². The Morgan fingerprint density at radius 1 is 1.21 bits per heavy atom. The molecule has 5 heteroatoms. The first-order valence-electron chi connectivity index (χ1n) is 9.89. The fraction of sp³-hybridized carbons (Fsp3) is 0.947. The third-order valence-corrected chi connectivity index (χ3v) is 4.84. The zero-order chi connectivity index (χ0) is 17.8. The average Bonchev–Trinajstić information content (AvgIpc) is 2.55. The predicted molar refractivity (Wildman–Crippen MR) is 104 cm³/mol. The van der Waals surface area contributed by atoms with Crippen molar-refractivity contribution in [2.75, 3.05) is 46.4 Å². The van der Waals surface area contributed by atoms with E-state index in [-0.39, 0.29) is 0 Å². The third-order valence-electron chi connectivity index (χ3n) is 4.84. The summed E-state index contributed by atoms with van der Waals surface area (Å²) in [7, 11) is 2.22. The number of rotatable bonds is 10. The maximum absolute atomic E-state index is 5.81. The standard InChI is InChI=1S/C19H40N4O/c1-6-20-19(22-13-9-18(16(3)4)24-7-2)21-12-8-17-10-14-23(5)15-11-17/h16-18H,6-15H2,1-5H3,(H2,20,21,22). The molecule has 142 valence electrons. The van der Waals surface area contributed by atoms with Gasteiger partial charge in [0.1, 0.15) is 0 Å². The number of ether oxygens (including phenoxy) is 1. The Kier molecular flexibility index (Phi) is 11.1.